The normalized spacial score (nSPS) is 12.0. The number of amides is 1. The van der Waals surface area contributed by atoms with Crippen molar-refractivity contribution in [1.82, 2.24) is 15.1 Å². The van der Waals surface area contributed by atoms with Gasteiger partial charge >= 0.3 is 5.97 Å². The Morgan fingerprint density at radius 1 is 1.45 bits per heavy atom. The molecular formula is C13H22N4O3. The number of hydrogen-bond acceptors (Lipinski definition) is 5. The third-order valence-electron chi connectivity index (χ3n) is 3.02. The Morgan fingerprint density at radius 3 is 2.65 bits per heavy atom. The standard InChI is InChI=1S/C13H22N4O3/c1-5-8(3)15-10(18)7-20-13(19)12-11(14)9(4)16-17(12)6-2/h8H,5-7,14H2,1-4H3,(H,15,18). The monoisotopic (exact) mass is 282 g/mol. The van der Waals surface area contributed by atoms with Crippen LogP contribution in [0.4, 0.5) is 5.69 Å². The molecule has 0 radical (unpaired) electrons. The summed E-state index contributed by atoms with van der Waals surface area (Å²) in [5.41, 5.74) is 6.86. The summed E-state index contributed by atoms with van der Waals surface area (Å²) >= 11 is 0. The molecule has 0 aliphatic carbocycles. The first-order valence-electron chi connectivity index (χ1n) is 6.70. The van der Waals surface area contributed by atoms with E-state index in [1.807, 2.05) is 20.8 Å². The lowest BCUT2D eigenvalue weighted by atomic mass is 10.2. The Bertz CT molecular complexity index is 496. The van der Waals surface area contributed by atoms with E-state index in [0.717, 1.165) is 6.42 Å². The number of nitrogen functional groups attached to an aromatic ring is 1. The van der Waals surface area contributed by atoms with E-state index in [4.69, 9.17) is 10.5 Å². The number of aromatic nitrogens is 2. The molecule has 1 amide bonds. The second-order valence-electron chi connectivity index (χ2n) is 4.62. The molecule has 0 spiro atoms. The molecule has 7 nitrogen and oxygen atoms in total. The Hall–Kier alpha value is -2.05. The molecule has 1 heterocycles. The summed E-state index contributed by atoms with van der Waals surface area (Å²) in [5, 5.41) is 6.84. The number of rotatable bonds is 6. The van der Waals surface area contributed by atoms with Gasteiger partial charge in [-0.2, -0.15) is 5.10 Å². The summed E-state index contributed by atoms with van der Waals surface area (Å²) in [5.74, 6) is -0.963. The molecule has 0 aliphatic rings. The van der Waals surface area contributed by atoms with Crippen LogP contribution in [0.1, 0.15) is 43.4 Å². The number of carbonyl (C=O) groups is 2. The third kappa shape index (κ3) is 3.72. The fourth-order valence-corrected chi connectivity index (χ4v) is 1.66. The number of hydrogen-bond donors (Lipinski definition) is 2. The van der Waals surface area contributed by atoms with Crippen molar-refractivity contribution in [2.75, 3.05) is 12.3 Å². The summed E-state index contributed by atoms with van der Waals surface area (Å²) in [6, 6.07) is 0.0506. The highest BCUT2D eigenvalue weighted by molar-refractivity contribution is 5.95. The molecule has 1 aromatic rings. The van der Waals surface area contributed by atoms with E-state index in [1.165, 1.54) is 4.68 Å². The average molecular weight is 282 g/mol. The van der Waals surface area contributed by atoms with E-state index in [-0.39, 0.29) is 24.2 Å². The maximum atomic E-state index is 12.0. The molecule has 1 atom stereocenters. The minimum atomic E-state index is -0.635. The van der Waals surface area contributed by atoms with Crippen LogP contribution in [0.5, 0.6) is 0 Å². The lowest BCUT2D eigenvalue weighted by Crippen LogP contribution is -2.35. The van der Waals surface area contributed by atoms with Crippen molar-refractivity contribution in [3.05, 3.63) is 11.4 Å². The quantitative estimate of drug-likeness (QED) is 0.754. The van der Waals surface area contributed by atoms with Crippen molar-refractivity contribution in [2.24, 2.45) is 0 Å². The van der Waals surface area contributed by atoms with Crippen LogP contribution in [0.25, 0.3) is 0 Å². The van der Waals surface area contributed by atoms with Gasteiger partial charge in [0.25, 0.3) is 5.91 Å². The fourth-order valence-electron chi connectivity index (χ4n) is 1.66. The van der Waals surface area contributed by atoms with Crippen LogP contribution >= 0.6 is 0 Å². The lowest BCUT2D eigenvalue weighted by Gasteiger charge is -2.11. The summed E-state index contributed by atoms with van der Waals surface area (Å²) in [7, 11) is 0. The molecule has 0 saturated carbocycles. The number of anilines is 1. The van der Waals surface area contributed by atoms with E-state index in [0.29, 0.717) is 17.9 Å². The molecule has 1 rings (SSSR count). The molecule has 0 aromatic carbocycles. The molecule has 20 heavy (non-hydrogen) atoms. The molecular weight excluding hydrogens is 260 g/mol. The van der Waals surface area contributed by atoms with Crippen LogP contribution in [0, 0.1) is 6.92 Å². The zero-order valence-corrected chi connectivity index (χ0v) is 12.4. The number of aryl methyl sites for hydroxylation is 2. The number of nitrogens with zero attached hydrogens (tertiary/aromatic N) is 2. The maximum Gasteiger partial charge on any atom is 0.359 e. The highest BCUT2D eigenvalue weighted by Crippen LogP contribution is 2.17. The summed E-state index contributed by atoms with van der Waals surface area (Å²) in [4.78, 5) is 23.5. The zero-order valence-electron chi connectivity index (χ0n) is 12.4. The number of esters is 1. The van der Waals surface area contributed by atoms with Gasteiger partial charge < -0.3 is 15.8 Å². The number of nitrogens with one attached hydrogen (secondary N) is 1. The average Bonchev–Trinajstić information content (AvgIpc) is 2.71. The first kappa shape index (κ1) is 16.0. The van der Waals surface area contributed by atoms with E-state index < -0.39 is 5.97 Å². The van der Waals surface area contributed by atoms with Gasteiger partial charge in [0.2, 0.25) is 0 Å². The van der Waals surface area contributed by atoms with Gasteiger partial charge in [-0.1, -0.05) is 6.92 Å². The number of nitrogens with two attached hydrogens (primary N) is 1. The summed E-state index contributed by atoms with van der Waals surface area (Å²) < 4.78 is 6.45. The molecule has 0 fully saturated rings. The molecule has 0 bridgehead atoms. The smallest absolute Gasteiger partial charge is 0.359 e. The van der Waals surface area contributed by atoms with E-state index in [1.54, 1.807) is 6.92 Å². The van der Waals surface area contributed by atoms with Crippen molar-refractivity contribution in [2.45, 2.75) is 46.7 Å². The second-order valence-corrected chi connectivity index (χ2v) is 4.62. The molecule has 3 N–H and O–H groups in total. The second kappa shape index (κ2) is 6.93. The van der Waals surface area contributed by atoms with E-state index in [2.05, 4.69) is 10.4 Å². The van der Waals surface area contributed by atoms with Crippen molar-refractivity contribution in [1.29, 1.82) is 0 Å². The minimum Gasteiger partial charge on any atom is -0.451 e. The molecule has 0 saturated heterocycles. The predicted molar refractivity (Wildman–Crippen MR) is 75.2 cm³/mol. The Balaban J connectivity index is 2.66. The van der Waals surface area contributed by atoms with Crippen LogP contribution in [0.3, 0.4) is 0 Å². The minimum absolute atomic E-state index is 0.0506. The summed E-state index contributed by atoms with van der Waals surface area (Å²) in [6.07, 6.45) is 0.814. The fraction of sp³-hybridized carbons (Fsp3) is 0.615. The third-order valence-corrected chi connectivity index (χ3v) is 3.02. The first-order valence-corrected chi connectivity index (χ1v) is 6.70. The topological polar surface area (TPSA) is 99.2 Å². The lowest BCUT2D eigenvalue weighted by molar-refractivity contribution is -0.124. The molecule has 0 aliphatic heterocycles. The number of carbonyl (C=O) groups excluding carboxylic acids is 2. The highest BCUT2D eigenvalue weighted by Gasteiger charge is 2.21. The Kier molecular flexibility index (Phi) is 5.54. The van der Waals surface area contributed by atoms with Gasteiger partial charge in [-0.15, -0.1) is 0 Å². The Labute approximate surface area is 118 Å². The highest BCUT2D eigenvalue weighted by atomic mass is 16.5. The van der Waals surface area contributed by atoms with Gasteiger partial charge in [0.1, 0.15) is 0 Å². The van der Waals surface area contributed by atoms with Gasteiger partial charge in [-0.05, 0) is 27.2 Å². The largest absolute Gasteiger partial charge is 0.451 e. The van der Waals surface area contributed by atoms with Crippen molar-refractivity contribution >= 4 is 17.6 Å². The van der Waals surface area contributed by atoms with Crippen LogP contribution in [0.15, 0.2) is 0 Å². The van der Waals surface area contributed by atoms with Gasteiger partial charge in [0, 0.05) is 12.6 Å². The molecule has 1 aromatic heterocycles. The number of ether oxygens (including phenoxy) is 1. The molecule has 1 unspecified atom stereocenters. The van der Waals surface area contributed by atoms with Gasteiger partial charge in [0.15, 0.2) is 12.3 Å². The predicted octanol–water partition coefficient (Wildman–Crippen LogP) is 0.865. The zero-order chi connectivity index (χ0) is 15.3. The first-order chi connectivity index (χ1) is 9.40. The van der Waals surface area contributed by atoms with Crippen molar-refractivity contribution in [3.63, 3.8) is 0 Å². The van der Waals surface area contributed by atoms with Crippen LogP contribution in [-0.4, -0.2) is 34.3 Å². The van der Waals surface area contributed by atoms with E-state index >= 15 is 0 Å². The summed E-state index contributed by atoms with van der Waals surface area (Å²) in [6.45, 7) is 7.58. The Morgan fingerprint density at radius 2 is 2.10 bits per heavy atom. The van der Waals surface area contributed by atoms with Gasteiger partial charge in [0.05, 0.1) is 11.4 Å². The van der Waals surface area contributed by atoms with Gasteiger partial charge in [-0.3, -0.25) is 9.48 Å². The van der Waals surface area contributed by atoms with E-state index in [9.17, 15) is 9.59 Å². The van der Waals surface area contributed by atoms with Crippen molar-refractivity contribution < 1.29 is 14.3 Å². The van der Waals surface area contributed by atoms with Crippen LogP contribution in [-0.2, 0) is 16.1 Å². The molecule has 7 heteroatoms. The van der Waals surface area contributed by atoms with Crippen LogP contribution in [0.2, 0.25) is 0 Å². The van der Waals surface area contributed by atoms with Crippen LogP contribution < -0.4 is 11.1 Å². The SMILES string of the molecule is CCC(C)NC(=O)COC(=O)c1c(N)c(C)nn1CC. The maximum absolute atomic E-state index is 12.0. The van der Waals surface area contributed by atoms with Crippen molar-refractivity contribution in [3.8, 4) is 0 Å². The molecule has 112 valence electrons. The van der Waals surface area contributed by atoms with Gasteiger partial charge in [-0.25, -0.2) is 4.79 Å².